The molecule has 0 fully saturated rings. The second kappa shape index (κ2) is 7.29. The van der Waals surface area contributed by atoms with Crippen LogP contribution in [0.3, 0.4) is 0 Å². The van der Waals surface area contributed by atoms with Crippen LogP contribution in [-0.2, 0) is 17.3 Å². The average Bonchev–Trinajstić information content (AvgIpc) is 2.28. The molecular weight excluding hydrogens is 240 g/mol. The average molecular weight is 277 g/mol. The van der Waals surface area contributed by atoms with Crippen LogP contribution in [0.2, 0.25) is 0 Å². The van der Waals surface area contributed by atoms with Crippen LogP contribution in [0.15, 0.2) is 18.2 Å². The fourth-order valence-corrected chi connectivity index (χ4v) is 2.15. The highest BCUT2D eigenvalue weighted by Crippen LogP contribution is 2.30. The topological polar surface area (TPSA) is 0 Å². The maximum absolute atomic E-state index is 2.40. The number of rotatable bonds is 2. The summed E-state index contributed by atoms with van der Waals surface area (Å²) < 4.78 is 0. The van der Waals surface area contributed by atoms with Gasteiger partial charge in [0.2, 0.25) is 0 Å². The molecule has 0 N–H and O–H groups in total. The lowest BCUT2D eigenvalue weighted by molar-refractivity contribution is 0.563. The summed E-state index contributed by atoms with van der Waals surface area (Å²) in [6.45, 7) is 22.4. The normalized spacial score (nSPS) is 12.2. The van der Waals surface area contributed by atoms with Crippen LogP contribution in [0, 0.1) is 5.92 Å². The Morgan fingerprint density at radius 3 is 1.35 bits per heavy atom. The monoisotopic (exact) mass is 276 g/mol. The van der Waals surface area contributed by atoms with Gasteiger partial charge in [-0.3, -0.25) is 0 Å². The smallest absolute Gasteiger partial charge is 0.0132 e. The number of benzene rings is 1. The van der Waals surface area contributed by atoms with E-state index in [1.165, 1.54) is 23.1 Å². The van der Waals surface area contributed by atoms with Crippen molar-refractivity contribution in [2.75, 3.05) is 0 Å². The van der Waals surface area contributed by atoms with Gasteiger partial charge in [0.05, 0.1) is 0 Å². The van der Waals surface area contributed by atoms with Crippen molar-refractivity contribution in [1.29, 1.82) is 0 Å². The minimum Gasteiger partial charge on any atom is -0.0683 e. The third kappa shape index (κ3) is 6.11. The predicted octanol–water partition coefficient (Wildman–Crippen LogP) is 6.51. The van der Waals surface area contributed by atoms with Gasteiger partial charge in [-0.15, -0.1) is 0 Å². The Morgan fingerprint density at radius 2 is 1.10 bits per heavy atom. The quantitative estimate of drug-likeness (QED) is 0.578. The minimum atomic E-state index is 0.229. The fraction of sp³-hybridized carbons (Fsp3) is 0.700. The molecule has 0 saturated carbocycles. The molecule has 1 aromatic rings. The Bertz CT molecular complexity index is 365. The third-order valence-electron chi connectivity index (χ3n) is 3.37. The van der Waals surface area contributed by atoms with Crippen molar-refractivity contribution in [3.05, 3.63) is 34.9 Å². The molecule has 1 rings (SSSR count). The van der Waals surface area contributed by atoms with E-state index in [1.807, 2.05) is 13.8 Å². The van der Waals surface area contributed by atoms with Crippen LogP contribution >= 0.6 is 0 Å². The van der Waals surface area contributed by atoms with Crippen molar-refractivity contribution < 1.29 is 0 Å². The molecule has 0 aliphatic heterocycles. The van der Waals surface area contributed by atoms with E-state index in [1.54, 1.807) is 0 Å². The Morgan fingerprint density at radius 1 is 0.750 bits per heavy atom. The summed E-state index contributed by atoms with van der Waals surface area (Å²) in [6.07, 6.45) is 1.17. The summed E-state index contributed by atoms with van der Waals surface area (Å²) in [4.78, 5) is 0. The van der Waals surface area contributed by atoms with Crippen LogP contribution in [0.1, 0.15) is 85.9 Å². The van der Waals surface area contributed by atoms with Crippen molar-refractivity contribution in [2.24, 2.45) is 5.92 Å². The Balaban J connectivity index is 0.00000172. The van der Waals surface area contributed by atoms with Crippen molar-refractivity contribution >= 4 is 0 Å². The van der Waals surface area contributed by atoms with Crippen LogP contribution in [0.5, 0.6) is 0 Å². The first kappa shape index (κ1) is 19.2. The summed E-state index contributed by atoms with van der Waals surface area (Å²) in [7, 11) is 0. The molecule has 0 amide bonds. The third-order valence-corrected chi connectivity index (χ3v) is 3.37. The van der Waals surface area contributed by atoms with E-state index in [2.05, 4.69) is 73.6 Å². The molecule has 20 heavy (non-hydrogen) atoms. The van der Waals surface area contributed by atoms with Gasteiger partial charge < -0.3 is 0 Å². The van der Waals surface area contributed by atoms with Gasteiger partial charge in [0.15, 0.2) is 0 Å². The molecule has 1 aromatic carbocycles. The summed E-state index contributed by atoms with van der Waals surface area (Å²) in [5.74, 6) is 0.716. The zero-order chi connectivity index (χ0) is 16.1. The van der Waals surface area contributed by atoms with Crippen molar-refractivity contribution in [3.63, 3.8) is 0 Å². The van der Waals surface area contributed by atoms with E-state index in [4.69, 9.17) is 0 Å². The van der Waals surface area contributed by atoms with Crippen LogP contribution in [-0.4, -0.2) is 0 Å². The zero-order valence-electron chi connectivity index (χ0n) is 15.5. The van der Waals surface area contributed by atoms with E-state index in [-0.39, 0.29) is 10.8 Å². The van der Waals surface area contributed by atoms with Gasteiger partial charge in [0.1, 0.15) is 0 Å². The van der Waals surface area contributed by atoms with Gasteiger partial charge in [-0.2, -0.15) is 0 Å². The molecule has 0 nitrogen and oxygen atoms in total. The van der Waals surface area contributed by atoms with Crippen molar-refractivity contribution in [3.8, 4) is 0 Å². The summed E-state index contributed by atoms with van der Waals surface area (Å²) in [5, 5.41) is 0. The van der Waals surface area contributed by atoms with Crippen LogP contribution in [0.4, 0.5) is 0 Å². The highest BCUT2D eigenvalue weighted by Gasteiger charge is 2.20. The van der Waals surface area contributed by atoms with E-state index in [9.17, 15) is 0 Å². The summed E-state index contributed by atoms with van der Waals surface area (Å²) in [5.41, 5.74) is 4.87. The molecule has 0 atom stereocenters. The molecule has 116 valence electrons. The van der Waals surface area contributed by atoms with Gasteiger partial charge in [-0.1, -0.05) is 87.4 Å². The number of hydrogen-bond donors (Lipinski definition) is 0. The Labute approximate surface area is 128 Å². The molecular formula is C20H36. The Kier molecular flexibility index (Phi) is 7.01. The molecule has 0 radical (unpaired) electrons. The second-order valence-corrected chi connectivity index (χ2v) is 8.02. The number of hydrogen-bond acceptors (Lipinski definition) is 0. The first-order valence-electron chi connectivity index (χ1n) is 8.15. The van der Waals surface area contributed by atoms with Crippen LogP contribution in [0.25, 0.3) is 0 Å². The second-order valence-electron chi connectivity index (χ2n) is 8.02. The molecule has 0 heteroatoms. The lowest BCUT2D eigenvalue weighted by Crippen LogP contribution is -2.17. The molecule has 0 aliphatic carbocycles. The molecule has 0 heterocycles. The standard InChI is InChI=1S/C18H30.C2H6/c1-13(2)9-14-10-15(17(3,4)5)12-16(11-14)18(6,7)8;1-2/h10-13H,9H2,1-8H3;1-2H3. The van der Waals surface area contributed by atoms with Gasteiger partial charge in [-0.05, 0) is 39.9 Å². The zero-order valence-corrected chi connectivity index (χ0v) is 15.5. The van der Waals surface area contributed by atoms with Crippen LogP contribution < -0.4 is 0 Å². The highest BCUT2D eigenvalue weighted by atomic mass is 14.2. The summed E-state index contributed by atoms with van der Waals surface area (Å²) >= 11 is 0. The largest absolute Gasteiger partial charge is 0.0683 e. The fourth-order valence-electron chi connectivity index (χ4n) is 2.15. The molecule has 0 aromatic heterocycles. The maximum Gasteiger partial charge on any atom is -0.0132 e. The first-order chi connectivity index (χ1) is 9.00. The lowest BCUT2D eigenvalue weighted by atomic mass is 9.79. The Hall–Kier alpha value is -0.780. The first-order valence-corrected chi connectivity index (χ1v) is 8.15. The molecule has 0 unspecified atom stereocenters. The van der Waals surface area contributed by atoms with Gasteiger partial charge in [0.25, 0.3) is 0 Å². The molecule has 0 aliphatic rings. The molecule has 0 spiro atoms. The predicted molar refractivity (Wildman–Crippen MR) is 93.7 cm³/mol. The van der Waals surface area contributed by atoms with Crippen molar-refractivity contribution in [2.45, 2.75) is 86.5 Å². The van der Waals surface area contributed by atoms with E-state index < -0.39 is 0 Å². The van der Waals surface area contributed by atoms with Gasteiger partial charge in [0, 0.05) is 0 Å². The minimum absolute atomic E-state index is 0.229. The lowest BCUT2D eigenvalue weighted by Gasteiger charge is -2.26. The summed E-state index contributed by atoms with van der Waals surface area (Å²) in [6, 6.07) is 7.19. The van der Waals surface area contributed by atoms with E-state index >= 15 is 0 Å². The van der Waals surface area contributed by atoms with Gasteiger partial charge >= 0.3 is 0 Å². The molecule has 0 saturated heterocycles. The maximum atomic E-state index is 2.40. The molecule has 0 bridgehead atoms. The van der Waals surface area contributed by atoms with Gasteiger partial charge in [-0.25, -0.2) is 0 Å². The van der Waals surface area contributed by atoms with E-state index in [0.29, 0.717) is 5.92 Å². The highest BCUT2D eigenvalue weighted by molar-refractivity contribution is 5.37. The van der Waals surface area contributed by atoms with Crippen molar-refractivity contribution in [1.82, 2.24) is 0 Å². The van der Waals surface area contributed by atoms with E-state index in [0.717, 1.165) is 0 Å². The SMILES string of the molecule is CC.CC(C)Cc1cc(C(C)(C)C)cc(C(C)(C)C)c1.